The van der Waals surface area contributed by atoms with E-state index in [2.05, 4.69) is 4.99 Å². The second kappa shape index (κ2) is 9.03. The Kier molecular flexibility index (Phi) is 6.47. The molecule has 2 aliphatic rings. The first-order chi connectivity index (χ1) is 13.8. The molecule has 0 bridgehead atoms. The van der Waals surface area contributed by atoms with Gasteiger partial charge in [-0.05, 0) is 24.4 Å². The zero-order valence-corrected chi connectivity index (χ0v) is 15.7. The normalized spacial score (nSPS) is 16.8. The average Bonchev–Trinajstić information content (AvgIpc) is 2.62. The fraction of sp³-hybridized carbons (Fsp3) is 0.412. The molecule has 3 rings (SSSR count). The SMILES string of the molecule is N=C(CN1CC(Oc2ccc3c(c2C(=O)O)OB(O)CC3)C1)N=C[NH2+]CC(N)=O. The molecule has 1 aromatic rings. The van der Waals surface area contributed by atoms with Crippen LogP contribution in [0.5, 0.6) is 11.5 Å². The number of hydrogen-bond donors (Lipinski definition) is 5. The maximum atomic E-state index is 11.7. The minimum atomic E-state index is -1.18. The van der Waals surface area contributed by atoms with E-state index in [0.717, 1.165) is 5.56 Å². The van der Waals surface area contributed by atoms with E-state index in [9.17, 15) is 19.7 Å². The molecule has 1 saturated heterocycles. The molecule has 0 unspecified atom stereocenters. The molecule has 0 saturated carbocycles. The van der Waals surface area contributed by atoms with Crippen LogP contribution in [-0.2, 0) is 11.2 Å². The third kappa shape index (κ3) is 5.31. The molecule has 7 N–H and O–H groups in total. The highest BCUT2D eigenvalue weighted by Gasteiger charge is 2.33. The lowest BCUT2D eigenvalue weighted by atomic mass is 9.78. The summed E-state index contributed by atoms with van der Waals surface area (Å²) in [6.07, 6.45) is 2.10. The number of amidine groups is 1. The average molecular weight is 404 g/mol. The summed E-state index contributed by atoms with van der Waals surface area (Å²) in [5.41, 5.74) is 5.66. The summed E-state index contributed by atoms with van der Waals surface area (Å²) in [5.74, 6) is -1.15. The molecule has 12 heteroatoms. The topological polar surface area (TPSA) is 175 Å². The summed E-state index contributed by atoms with van der Waals surface area (Å²) in [5, 5.41) is 28.6. The number of hydrogen-bond acceptors (Lipinski definition) is 7. The fourth-order valence-corrected chi connectivity index (χ4v) is 3.18. The van der Waals surface area contributed by atoms with Crippen molar-refractivity contribution >= 4 is 31.2 Å². The van der Waals surface area contributed by atoms with Gasteiger partial charge in [-0.2, -0.15) is 4.99 Å². The van der Waals surface area contributed by atoms with Crippen molar-refractivity contribution in [3.8, 4) is 11.5 Å². The van der Waals surface area contributed by atoms with Crippen molar-refractivity contribution in [1.29, 1.82) is 5.41 Å². The van der Waals surface area contributed by atoms with Crippen molar-refractivity contribution in [2.75, 3.05) is 26.2 Å². The van der Waals surface area contributed by atoms with Crippen molar-refractivity contribution in [3.63, 3.8) is 0 Å². The highest BCUT2D eigenvalue weighted by Crippen LogP contribution is 2.37. The van der Waals surface area contributed by atoms with Crippen LogP contribution in [0.1, 0.15) is 15.9 Å². The minimum Gasteiger partial charge on any atom is -0.535 e. The van der Waals surface area contributed by atoms with Crippen LogP contribution >= 0.6 is 0 Å². The number of nitrogens with zero attached hydrogens (tertiary/aromatic N) is 2. The maximum Gasteiger partial charge on any atom is 0.522 e. The van der Waals surface area contributed by atoms with Gasteiger partial charge in [-0.15, -0.1) is 0 Å². The summed E-state index contributed by atoms with van der Waals surface area (Å²) in [4.78, 5) is 28.2. The first-order valence-electron chi connectivity index (χ1n) is 9.18. The number of carboxylic acids is 1. The molecule has 0 aliphatic carbocycles. The van der Waals surface area contributed by atoms with Crippen molar-refractivity contribution in [1.82, 2.24) is 4.90 Å². The third-order valence-electron chi connectivity index (χ3n) is 4.57. The Morgan fingerprint density at radius 3 is 2.93 bits per heavy atom. The van der Waals surface area contributed by atoms with Crippen molar-refractivity contribution in [2.45, 2.75) is 18.8 Å². The summed E-state index contributed by atoms with van der Waals surface area (Å²) in [7, 11) is -1.03. The number of fused-ring (bicyclic) bond motifs is 1. The summed E-state index contributed by atoms with van der Waals surface area (Å²) < 4.78 is 11.2. The number of primary amides is 1. The quantitative estimate of drug-likeness (QED) is 0.188. The van der Waals surface area contributed by atoms with Crippen LogP contribution in [0, 0.1) is 5.41 Å². The molecule has 0 radical (unpaired) electrons. The van der Waals surface area contributed by atoms with Crippen LogP contribution in [0.3, 0.4) is 0 Å². The van der Waals surface area contributed by atoms with E-state index in [4.69, 9.17) is 20.5 Å². The van der Waals surface area contributed by atoms with E-state index in [1.165, 1.54) is 11.7 Å². The number of nitrogens with two attached hydrogens (primary N) is 2. The lowest BCUT2D eigenvalue weighted by Gasteiger charge is -2.38. The Morgan fingerprint density at radius 2 is 2.24 bits per heavy atom. The number of aryl methyl sites for hydroxylation is 1. The van der Waals surface area contributed by atoms with Gasteiger partial charge in [0, 0.05) is 13.1 Å². The molecule has 154 valence electrons. The number of likely N-dealkylation sites (tertiary alicyclic amines) is 1. The molecule has 0 spiro atoms. The number of benzene rings is 1. The van der Waals surface area contributed by atoms with Gasteiger partial charge in [0.1, 0.15) is 29.0 Å². The van der Waals surface area contributed by atoms with Gasteiger partial charge in [0.05, 0.1) is 6.54 Å². The Bertz CT molecular complexity index is 842. The van der Waals surface area contributed by atoms with E-state index in [1.54, 1.807) is 12.1 Å². The summed E-state index contributed by atoms with van der Waals surface area (Å²) in [6, 6.07) is 3.37. The zero-order chi connectivity index (χ0) is 21.0. The van der Waals surface area contributed by atoms with Gasteiger partial charge in [0.2, 0.25) is 0 Å². The van der Waals surface area contributed by atoms with Crippen LogP contribution in [0.2, 0.25) is 6.32 Å². The summed E-state index contributed by atoms with van der Waals surface area (Å²) in [6.45, 7) is 1.42. The van der Waals surface area contributed by atoms with Gasteiger partial charge in [0.25, 0.3) is 5.91 Å². The number of carbonyl (C=O) groups excluding carboxylic acids is 1. The van der Waals surface area contributed by atoms with Gasteiger partial charge < -0.3 is 25.3 Å². The molecule has 1 amide bonds. The Labute approximate surface area is 167 Å². The molecule has 0 atom stereocenters. The van der Waals surface area contributed by atoms with Gasteiger partial charge in [-0.3, -0.25) is 20.4 Å². The molecule has 2 heterocycles. The van der Waals surface area contributed by atoms with Gasteiger partial charge in [0.15, 0.2) is 12.9 Å². The number of carbonyl (C=O) groups is 2. The second-order valence-electron chi connectivity index (χ2n) is 6.91. The molecule has 1 fully saturated rings. The van der Waals surface area contributed by atoms with E-state index in [1.807, 2.05) is 4.90 Å². The third-order valence-corrected chi connectivity index (χ3v) is 4.57. The number of rotatable bonds is 8. The van der Waals surface area contributed by atoms with Crippen LogP contribution in [0.15, 0.2) is 17.1 Å². The number of quaternary nitrogens is 1. The van der Waals surface area contributed by atoms with E-state index in [-0.39, 0.29) is 35.5 Å². The first kappa shape index (κ1) is 20.8. The lowest BCUT2D eigenvalue weighted by molar-refractivity contribution is -0.517. The van der Waals surface area contributed by atoms with Crippen LogP contribution in [0.4, 0.5) is 0 Å². The highest BCUT2D eigenvalue weighted by molar-refractivity contribution is 6.44. The second-order valence-corrected chi connectivity index (χ2v) is 6.91. The predicted octanol–water partition coefficient (Wildman–Crippen LogP) is -2.08. The van der Waals surface area contributed by atoms with Crippen molar-refractivity contribution in [3.05, 3.63) is 23.3 Å². The van der Waals surface area contributed by atoms with E-state index in [0.29, 0.717) is 32.4 Å². The lowest BCUT2D eigenvalue weighted by Crippen LogP contribution is -2.85. The molecular weight excluding hydrogens is 381 g/mol. The number of aliphatic imine (C=N–C) groups is 1. The molecule has 2 aliphatic heterocycles. The number of amides is 1. The fourth-order valence-electron chi connectivity index (χ4n) is 3.18. The standard InChI is InChI=1S/C17H22BN5O6/c19-13(22-9-21-5-14(20)24)8-23-6-11(7-23)28-12-2-1-10-3-4-18(27)29-16(10)15(12)17(25)26/h1-2,9,11,27H,3-8H2,(H2,20,24)(H,25,26)(H2,19,21,22)/p+1. The van der Waals surface area contributed by atoms with Crippen LogP contribution in [-0.4, -0.2) is 78.5 Å². The molecular formula is C17H23BN5O6+. The Balaban J connectivity index is 1.54. The molecule has 1 aromatic carbocycles. The summed E-state index contributed by atoms with van der Waals surface area (Å²) >= 11 is 0. The monoisotopic (exact) mass is 404 g/mol. The van der Waals surface area contributed by atoms with Crippen molar-refractivity contribution in [2.24, 2.45) is 10.7 Å². The van der Waals surface area contributed by atoms with Gasteiger partial charge >= 0.3 is 13.1 Å². The minimum absolute atomic E-state index is 0.0733. The predicted molar refractivity (Wildman–Crippen MR) is 104 cm³/mol. The maximum absolute atomic E-state index is 11.7. The van der Waals surface area contributed by atoms with E-state index < -0.39 is 19.0 Å². The van der Waals surface area contributed by atoms with Gasteiger partial charge in [-0.25, -0.2) is 4.79 Å². The largest absolute Gasteiger partial charge is 0.535 e. The number of aromatic carboxylic acids is 1. The van der Waals surface area contributed by atoms with Crippen LogP contribution in [0.25, 0.3) is 0 Å². The highest BCUT2D eigenvalue weighted by atomic mass is 16.5. The smallest absolute Gasteiger partial charge is 0.522 e. The number of ether oxygens (including phenoxy) is 1. The zero-order valence-electron chi connectivity index (χ0n) is 15.7. The first-order valence-corrected chi connectivity index (χ1v) is 9.18. The van der Waals surface area contributed by atoms with Crippen LogP contribution < -0.4 is 20.4 Å². The Morgan fingerprint density at radius 1 is 1.48 bits per heavy atom. The Hall–Kier alpha value is -2.96. The van der Waals surface area contributed by atoms with E-state index >= 15 is 0 Å². The number of nitrogens with one attached hydrogen (secondary N) is 1. The molecule has 11 nitrogen and oxygen atoms in total. The molecule has 29 heavy (non-hydrogen) atoms. The number of carboxylic acid groups (broad SMARTS) is 1. The molecule has 0 aromatic heterocycles. The van der Waals surface area contributed by atoms with Gasteiger partial charge in [-0.1, -0.05) is 6.07 Å². The van der Waals surface area contributed by atoms with Crippen molar-refractivity contribution < 1.29 is 34.4 Å².